The fraction of sp³-hybridized carbons (Fsp3) is 0.769. The number of nitrogens with one attached hydrogen (secondary N) is 1. The van der Waals surface area contributed by atoms with Gasteiger partial charge in [0, 0.05) is 6.54 Å². The molecule has 0 radical (unpaired) electrons. The summed E-state index contributed by atoms with van der Waals surface area (Å²) in [6, 6.07) is 0. The molecular formula is C13H23NS. The molecular weight excluding hydrogens is 202 g/mol. The van der Waals surface area contributed by atoms with Crippen LogP contribution >= 0.6 is 12.2 Å². The number of allylic oxidation sites excluding steroid dienone is 1. The Labute approximate surface area is 99.3 Å². The van der Waals surface area contributed by atoms with Crippen LogP contribution in [0.5, 0.6) is 0 Å². The van der Waals surface area contributed by atoms with E-state index < -0.39 is 0 Å². The van der Waals surface area contributed by atoms with Crippen molar-refractivity contribution in [1.29, 1.82) is 0 Å². The first-order valence-corrected chi connectivity index (χ1v) is 6.53. The molecule has 0 atom stereocenters. The fourth-order valence-electron chi connectivity index (χ4n) is 2.12. The Morgan fingerprint density at radius 1 is 1.13 bits per heavy atom. The first-order chi connectivity index (χ1) is 7.20. The Morgan fingerprint density at radius 3 is 2.40 bits per heavy atom. The van der Waals surface area contributed by atoms with Gasteiger partial charge in [-0.1, -0.05) is 42.6 Å². The van der Waals surface area contributed by atoms with Crippen LogP contribution in [0.4, 0.5) is 0 Å². The van der Waals surface area contributed by atoms with Crippen LogP contribution in [0.15, 0.2) is 11.1 Å². The van der Waals surface area contributed by atoms with Crippen LogP contribution in [-0.4, -0.2) is 11.5 Å². The summed E-state index contributed by atoms with van der Waals surface area (Å²) in [5, 5.41) is 3.29. The number of hydrogen-bond acceptors (Lipinski definition) is 1. The van der Waals surface area contributed by atoms with Crippen LogP contribution in [0.3, 0.4) is 0 Å². The molecule has 0 unspecified atom stereocenters. The maximum absolute atomic E-state index is 5.06. The third-order valence-corrected chi connectivity index (χ3v) is 3.33. The lowest BCUT2D eigenvalue weighted by Crippen LogP contribution is -2.21. The second-order valence-corrected chi connectivity index (χ2v) is 5.17. The van der Waals surface area contributed by atoms with Crippen LogP contribution < -0.4 is 5.32 Å². The monoisotopic (exact) mass is 225 g/mol. The number of hydrogen-bond donors (Lipinski definition) is 1. The lowest BCUT2D eigenvalue weighted by atomic mass is 10.0. The maximum atomic E-state index is 5.06. The highest BCUT2D eigenvalue weighted by atomic mass is 32.1. The molecule has 0 amide bonds. The van der Waals surface area contributed by atoms with Gasteiger partial charge < -0.3 is 5.32 Å². The van der Waals surface area contributed by atoms with Crippen molar-refractivity contribution in [3.05, 3.63) is 11.1 Å². The van der Waals surface area contributed by atoms with Gasteiger partial charge in [0.1, 0.15) is 0 Å². The third kappa shape index (κ3) is 5.31. The average molecular weight is 225 g/mol. The summed E-state index contributed by atoms with van der Waals surface area (Å²) < 4.78 is 0. The van der Waals surface area contributed by atoms with Crippen molar-refractivity contribution in [2.24, 2.45) is 0 Å². The van der Waals surface area contributed by atoms with Crippen molar-refractivity contribution in [2.45, 2.75) is 58.8 Å². The van der Waals surface area contributed by atoms with Gasteiger partial charge in [0.05, 0.1) is 4.99 Å². The Kier molecular flexibility index (Phi) is 5.92. The minimum Gasteiger partial charge on any atom is -0.376 e. The summed E-state index contributed by atoms with van der Waals surface area (Å²) in [4.78, 5) is 0.912. The van der Waals surface area contributed by atoms with E-state index in [0.717, 1.165) is 11.5 Å². The van der Waals surface area contributed by atoms with Crippen LogP contribution in [0.1, 0.15) is 58.8 Å². The molecule has 0 saturated carbocycles. The van der Waals surface area contributed by atoms with E-state index in [1.807, 2.05) is 6.92 Å². The molecule has 0 aromatic rings. The molecule has 15 heavy (non-hydrogen) atoms. The first kappa shape index (κ1) is 12.7. The Hall–Kier alpha value is -0.370. The molecule has 0 bridgehead atoms. The molecule has 1 aliphatic rings. The highest BCUT2D eigenvalue weighted by molar-refractivity contribution is 7.80. The average Bonchev–Trinajstić information content (AvgIpc) is 2.28. The summed E-state index contributed by atoms with van der Waals surface area (Å²) in [5.41, 5.74) is 3.20. The van der Waals surface area contributed by atoms with E-state index in [4.69, 9.17) is 12.2 Å². The molecule has 0 aliphatic heterocycles. The zero-order valence-corrected chi connectivity index (χ0v) is 10.9. The number of thiocarbonyl (C=S) groups is 1. The molecule has 1 N–H and O–H groups in total. The van der Waals surface area contributed by atoms with Crippen LogP contribution in [0.2, 0.25) is 0 Å². The van der Waals surface area contributed by atoms with Gasteiger partial charge in [-0.05, 0) is 39.5 Å². The van der Waals surface area contributed by atoms with E-state index in [9.17, 15) is 0 Å². The summed E-state index contributed by atoms with van der Waals surface area (Å²) in [7, 11) is 0. The Morgan fingerprint density at radius 2 is 1.73 bits per heavy atom. The second kappa shape index (κ2) is 7.00. The fourth-order valence-corrected chi connectivity index (χ4v) is 2.19. The van der Waals surface area contributed by atoms with E-state index in [-0.39, 0.29) is 0 Å². The molecule has 2 heteroatoms. The van der Waals surface area contributed by atoms with Gasteiger partial charge in [0.25, 0.3) is 0 Å². The molecule has 1 rings (SSSR count). The minimum absolute atomic E-state index is 0.912. The quantitative estimate of drug-likeness (QED) is 0.563. The van der Waals surface area contributed by atoms with Crippen molar-refractivity contribution >= 4 is 17.2 Å². The molecule has 0 spiro atoms. The first-order valence-electron chi connectivity index (χ1n) is 6.12. The standard InChI is InChI=1S/C13H23NS/c1-11-8-6-4-3-5-7-9-13(11)10-14-12(2)15/h3-10H2,1-2H3,(H,14,15)/b13-11-. The summed E-state index contributed by atoms with van der Waals surface area (Å²) in [6.45, 7) is 5.22. The summed E-state index contributed by atoms with van der Waals surface area (Å²) in [5.74, 6) is 0. The second-order valence-electron chi connectivity index (χ2n) is 4.56. The molecule has 1 aliphatic carbocycles. The predicted octanol–water partition coefficient (Wildman–Crippen LogP) is 3.98. The topological polar surface area (TPSA) is 12.0 Å². The molecule has 0 aromatic carbocycles. The zero-order valence-electron chi connectivity index (χ0n) is 10.1. The van der Waals surface area contributed by atoms with E-state index >= 15 is 0 Å². The van der Waals surface area contributed by atoms with Gasteiger partial charge >= 0.3 is 0 Å². The smallest absolute Gasteiger partial charge is 0.0724 e. The summed E-state index contributed by atoms with van der Waals surface area (Å²) in [6.07, 6.45) is 9.49. The largest absolute Gasteiger partial charge is 0.376 e. The van der Waals surface area contributed by atoms with E-state index in [0.29, 0.717) is 0 Å². The van der Waals surface area contributed by atoms with Crippen molar-refractivity contribution in [3.63, 3.8) is 0 Å². The molecule has 0 aromatic heterocycles. The SMILES string of the molecule is CC(=S)NC/C1=C(/C)CCCCCCC1. The lowest BCUT2D eigenvalue weighted by Gasteiger charge is -2.12. The van der Waals surface area contributed by atoms with Crippen molar-refractivity contribution in [1.82, 2.24) is 5.32 Å². The third-order valence-electron chi connectivity index (χ3n) is 3.18. The molecule has 0 fully saturated rings. The van der Waals surface area contributed by atoms with Crippen LogP contribution in [0, 0.1) is 0 Å². The van der Waals surface area contributed by atoms with Crippen molar-refractivity contribution in [2.75, 3.05) is 6.54 Å². The predicted molar refractivity (Wildman–Crippen MR) is 71.3 cm³/mol. The van der Waals surface area contributed by atoms with Gasteiger partial charge in [-0.2, -0.15) is 0 Å². The van der Waals surface area contributed by atoms with Gasteiger partial charge in [0.2, 0.25) is 0 Å². The van der Waals surface area contributed by atoms with Gasteiger partial charge in [0.15, 0.2) is 0 Å². The van der Waals surface area contributed by atoms with E-state index in [1.165, 1.54) is 44.9 Å². The lowest BCUT2D eigenvalue weighted by molar-refractivity contribution is 0.625. The zero-order chi connectivity index (χ0) is 11.1. The van der Waals surface area contributed by atoms with E-state index in [1.54, 1.807) is 11.1 Å². The summed E-state index contributed by atoms with van der Waals surface area (Å²) >= 11 is 5.06. The van der Waals surface area contributed by atoms with Crippen molar-refractivity contribution < 1.29 is 0 Å². The van der Waals surface area contributed by atoms with Crippen molar-refractivity contribution in [3.8, 4) is 0 Å². The van der Waals surface area contributed by atoms with Crippen LogP contribution in [-0.2, 0) is 0 Å². The Balaban J connectivity index is 2.52. The number of rotatable bonds is 2. The van der Waals surface area contributed by atoms with Gasteiger partial charge in [-0.3, -0.25) is 0 Å². The maximum Gasteiger partial charge on any atom is 0.0724 e. The highest BCUT2D eigenvalue weighted by Crippen LogP contribution is 2.21. The highest BCUT2D eigenvalue weighted by Gasteiger charge is 2.06. The molecule has 0 heterocycles. The minimum atomic E-state index is 0.912. The van der Waals surface area contributed by atoms with Gasteiger partial charge in [-0.25, -0.2) is 0 Å². The molecule has 0 saturated heterocycles. The van der Waals surface area contributed by atoms with E-state index in [2.05, 4.69) is 12.2 Å². The van der Waals surface area contributed by atoms with Gasteiger partial charge in [-0.15, -0.1) is 0 Å². The van der Waals surface area contributed by atoms with Crippen LogP contribution in [0.25, 0.3) is 0 Å². The normalized spacial score (nSPS) is 23.9. The molecule has 1 nitrogen and oxygen atoms in total. The molecule has 86 valence electrons. The Bertz CT molecular complexity index is 243.